The minimum atomic E-state index is -0.381. The fraction of sp³-hybridized carbons (Fsp3) is 0.250. The molecule has 0 fully saturated rings. The Labute approximate surface area is 111 Å². The molecule has 1 aromatic carbocycles. The van der Waals surface area contributed by atoms with Gasteiger partial charge in [0.2, 0.25) is 6.79 Å². The maximum Gasteiger partial charge on any atom is 0.354 e. The molecule has 0 bridgehead atoms. The van der Waals surface area contributed by atoms with Crippen LogP contribution in [0.1, 0.15) is 17.4 Å². The van der Waals surface area contributed by atoms with Crippen LogP contribution >= 0.6 is 15.9 Å². The normalized spacial score (nSPS) is 13.0. The zero-order chi connectivity index (χ0) is 12.7. The van der Waals surface area contributed by atoms with Gasteiger partial charge in [0.15, 0.2) is 11.5 Å². The third kappa shape index (κ3) is 1.64. The van der Waals surface area contributed by atoms with E-state index in [4.69, 9.17) is 14.2 Å². The van der Waals surface area contributed by atoms with Gasteiger partial charge in [-0.1, -0.05) is 0 Å². The number of carbonyl (C=O) groups excluding carboxylic acids is 1. The molecule has 1 N–H and O–H groups in total. The minimum Gasteiger partial charge on any atom is -0.461 e. The quantitative estimate of drug-likeness (QED) is 0.866. The number of nitrogens with one attached hydrogen (secondary N) is 1. The Balaban J connectivity index is 2.17. The summed E-state index contributed by atoms with van der Waals surface area (Å²) in [6.07, 6.45) is 0. The summed E-state index contributed by atoms with van der Waals surface area (Å²) in [6.45, 7) is 2.30. The van der Waals surface area contributed by atoms with Gasteiger partial charge >= 0.3 is 5.97 Å². The molecule has 3 rings (SSSR count). The van der Waals surface area contributed by atoms with Crippen molar-refractivity contribution in [3.63, 3.8) is 0 Å². The molecular weight excluding hydrogens is 302 g/mol. The fourth-order valence-corrected chi connectivity index (χ4v) is 2.45. The van der Waals surface area contributed by atoms with E-state index < -0.39 is 0 Å². The molecule has 0 atom stereocenters. The Bertz CT molecular complexity index is 635. The van der Waals surface area contributed by atoms with E-state index in [2.05, 4.69) is 20.9 Å². The molecule has 0 spiro atoms. The standard InChI is InChI=1S/C12H10BrNO4/c1-2-16-12(15)8-3-6-7(13)4-9-11(10(6)14-8)18-5-17-9/h3-4,14H,2,5H2,1H3. The maximum absolute atomic E-state index is 11.7. The molecule has 1 aromatic heterocycles. The summed E-state index contributed by atoms with van der Waals surface area (Å²) in [5, 5.41) is 0.863. The van der Waals surface area contributed by atoms with E-state index in [0.29, 0.717) is 23.8 Å². The summed E-state index contributed by atoms with van der Waals surface area (Å²) in [4.78, 5) is 14.7. The number of carbonyl (C=O) groups is 1. The van der Waals surface area contributed by atoms with E-state index in [-0.39, 0.29) is 12.8 Å². The zero-order valence-electron chi connectivity index (χ0n) is 9.58. The first kappa shape index (κ1) is 11.4. The van der Waals surface area contributed by atoms with Crippen LogP contribution in [0.15, 0.2) is 16.6 Å². The second kappa shape index (κ2) is 4.20. The highest BCUT2D eigenvalue weighted by atomic mass is 79.9. The lowest BCUT2D eigenvalue weighted by atomic mass is 10.2. The molecular formula is C12H10BrNO4. The number of rotatable bonds is 2. The van der Waals surface area contributed by atoms with E-state index >= 15 is 0 Å². The Morgan fingerprint density at radius 1 is 1.50 bits per heavy atom. The molecule has 1 aliphatic rings. The van der Waals surface area contributed by atoms with Gasteiger partial charge in [-0.05, 0) is 35.0 Å². The molecule has 0 amide bonds. The smallest absolute Gasteiger partial charge is 0.354 e. The molecule has 0 aliphatic carbocycles. The first-order chi connectivity index (χ1) is 8.70. The van der Waals surface area contributed by atoms with Gasteiger partial charge in [0, 0.05) is 9.86 Å². The molecule has 18 heavy (non-hydrogen) atoms. The van der Waals surface area contributed by atoms with Crippen LogP contribution in [0.3, 0.4) is 0 Å². The summed E-state index contributed by atoms with van der Waals surface area (Å²) >= 11 is 3.44. The number of aromatic amines is 1. The van der Waals surface area contributed by atoms with Crippen molar-refractivity contribution in [1.82, 2.24) is 4.98 Å². The highest BCUT2D eigenvalue weighted by Crippen LogP contribution is 2.42. The molecule has 94 valence electrons. The maximum atomic E-state index is 11.7. The monoisotopic (exact) mass is 311 g/mol. The molecule has 2 heterocycles. The number of esters is 1. The highest BCUT2D eigenvalue weighted by Gasteiger charge is 2.22. The van der Waals surface area contributed by atoms with E-state index in [1.165, 1.54) is 0 Å². The van der Waals surface area contributed by atoms with E-state index in [1.54, 1.807) is 13.0 Å². The first-order valence-corrected chi connectivity index (χ1v) is 6.28. The van der Waals surface area contributed by atoms with Crippen LogP contribution in [0, 0.1) is 0 Å². The van der Waals surface area contributed by atoms with Crippen LogP contribution in [-0.2, 0) is 4.74 Å². The fourth-order valence-electron chi connectivity index (χ4n) is 1.92. The Morgan fingerprint density at radius 2 is 2.33 bits per heavy atom. The SMILES string of the molecule is CCOC(=O)c1cc2c(Br)cc3c(c2[nH]1)OCO3. The average Bonchev–Trinajstić information content (AvgIpc) is 2.93. The molecule has 0 unspecified atom stereocenters. The Kier molecular flexibility index (Phi) is 2.66. The lowest BCUT2D eigenvalue weighted by molar-refractivity contribution is 0.0520. The number of hydrogen-bond donors (Lipinski definition) is 1. The van der Waals surface area contributed by atoms with Crippen LogP contribution in [0.5, 0.6) is 11.5 Å². The minimum absolute atomic E-state index is 0.189. The van der Waals surface area contributed by atoms with Gasteiger partial charge < -0.3 is 19.2 Å². The van der Waals surface area contributed by atoms with Gasteiger partial charge in [0.25, 0.3) is 0 Å². The van der Waals surface area contributed by atoms with Gasteiger partial charge in [0.1, 0.15) is 5.69 Å². The van der Waals surface area contributed by atoms with E-state index in [9.17, 15) is 4.79 Å². The molecule has 0 saturated heterocycles. The predicted molar refractivity (Wildman–Crippen MR) is 68.1 cm³/mol. The van der Waals surface area contributed by atoms with Gasteiger partial charge in [-0.15, -0.1) is 0 Å². The highest BCUT2D eigenvalue weighted by molar-refractivity contribution is 9.10. The number of hydrogen-bond acceptors (Lipinski definition) is 4. The van der Waals surface area contributed by atoms with Crippen molar-refractivity contribution in [1.29, 1.82) is 0 Å². The Hall–Kier alpha value is -1.69. The van der Waals surface area contributed by atoms with E-state index in [0.717, 1.165) is 15.4 Å². The topological polar surface area (TPSA) is 60.6 Å². The summed E-state index contributed by atoms with van der Waals surface area (Å²) in [5.74, 6) is 0.906. The number of fused-ring (bicyclic) bond motifs is 3. The third-order valence-corrected chi connectivity index (χ3v) is 3.35. The van der Waals surface area contributed by atoms with Gasteiger partial charge in [-0.3, -0.25) is 0 Å². The largest absolute Gasteiger partial charge is 0.461 e. The number of halogens is 1. The molecule has 5 nitrogen and oxygen atoms in total. The van der Waals surface area contributed by atoms with Crippen LogP contribution in [0.2, 0.25) is 0 Å². The summed E-state index contributed by atoms with van der Waals surface area (Å²) in [6, 6.07) is 3.56. The van der Waals surface area contributed by atoms with Crippen LogP contribution < -0.4 is 9.47 Å². The predicted octanol–water partition coefficient (Wildman–Crippen LogP) is 2.84. The number of aromatic nitrogens is 1. The van der Waals surface area contributed by atoms with Crippen molar-refractivity contribution >= 4 is 32.8 Å². The molecule has 6 heteroatoms. The lowest BCUT2D eigenvalue weighted by Gasteiger charge is -1.99. The summed E-state index contributed by atoms with van der Waals surface area (Å²) in [7, 11) is 0. The van der Waals surface area contributed by atoms with E-state index in [1.807, 2.05) is 6.07 Å². The summed E-state index contributed by atoms with van der Waals surface area (Å²) in [5.41, 5.74) is 1.14. The molecule has 0 radical (unpaired) electrons. The summed E-state index contributed by atoms with van der Waals surface area (Å²) < 4.78 is 16.5. The third-order valence-electron chi connectivity index (χ3n) is 2.70. The Morgan fingerprint density at radius 3 is 3.11 bits per heavy atom. The van der Waals surface area contributed by atoms with Gasteiger partial charge in [0.05, 0.1) is 12.1 Å². The number of ether oxygens (including phenoxy) is 3. The van der Waals surface area contributed by atoms with Crippen LogP contribution in [0.4, 0.5) is 0 Å². The number of benzene rings is 1. The zero-order valence-corrected chi connectivity index (χ0v) is 11.2. The molecule has 1 aliphatic heterocycles. The molecule has 2 aromatic rings. The van der Waals surface area contributed by atoms with Crippen molar-refractivity contribution in [2.45, 2.75) is 6.92 Å². The van der Waals surface area contributed by atoms with Crippen molar-refractivity contribution in [3.8, 4) is 11.5 Å². The second-order valence-corrected chi connectivity index (χ2v) is 4.64. The van der Waals surface area contributed by atoms with Gasteiger partial charge in [-0.25, -0.2) is 4.79 Å². The number of H-pyrrole nitrogens is 1. The first-order valence-electron chi connectivity index (χ1n) is 5.48. The molecule has 0 saturated carbocycles. The second-order valence-electron chi connectivity index (χ2n) is 3.78. The van der Waals surface area contributed by atoms with Crippen molar-refractivity contribution in [2.24, 2.45) is 0 Å². The van der Waals surface area contributed by atoms with Crippen molar-refractivity contribution < 1.29 is 19.0 Å². The van der Waals surface area contributed by atoms with Crippen LogP contribution in [-0.4, -0.2) is 24.4 Å². The van der Waals surface area contributed by atoms with Crippen molar-refractivity contribution in [2.75, 3.05) is 13.4 Å². The van der Waals surface area contributed by atoms with Crippen LogP contribution in [0.25, 0.3) is 10.9 Å². The lowest BCUT2D eigenvalue weighted by Crippen LogP contribution is -2.04. The average molecular weight is 312 g/mol. The van der Waals surface area contributed by atoms with Gasteiger partial charge in [-0.2, -0.15) is 0 Å². The van der Waals surface area contributed by atoms with Crippen molar-refractivity contribution in [3.05, 3.63) is 22.3 Å².